The summed E-state index contributed by atoms with van der Waals surface area (Å²) in [5, 5.41) is 13.9. The summed E-state index contributed by atoms with van der Waals surface area (Å²) in [6.45, 7) is 0.436. The first-order chi connectivity index (χ1) is 8.58. The van der Waals surface area contributed by atoms with Crippen molar-refractivity contribution in [3.8, 4) is 0 Å². The fourth-order valence-electron chi connectivity index (χ4n) is 1.55. The number of aromatic nitrogens is 2. The highest BCUT2D eigenvalue weighted by Gasteiger charge is 2.14. The monoisotopic (exact) mass is 310 g/mol. The Bertz CT molecular complexity index is 582. The largest absolute Gasteiger partial charge is 0.372 e. The molecule has 0 aliphatic carbocycles. The van der Waals surface area contributed by atoms with E-state index in [1.807, 2.05) is 17.8 Å². The zero-order chi connectivity index (χ0) is 13.1. The van der Waals surface area contributed by atoms with Gasteiger partial charge < -0.3 is 9.88 Å². The Morgan fingerprint density at radius 2 is 2.33 bits per heavy atom. The molecule has 2 aromatic rings. The summed E-state index contributed by atoms with van der Waals surface area (Å²) < 4.78 is 2.54. The topological polar surface area (TPSA) is 73.0 Å². The minimum absolute atomic E-state index is 0.0404. The van der Waals surface area contributed by atoms with Crippen molar-refractivity contribution in [3.63, 3.8) is 0 Å². The SMILES string of the molecule is Cn1ccnc1CNc1ccc(Br)cc1[N+](=O)[O-]. The fraction of sp³-hybridized carbons (Fsp3) is 0.182. The van der Waals surface area contributed by atoms with Crippen LogP contribution in [-0.2, 0) is 13.6 Å². The van der Waals surface area contributed by atoms with Gasteiger partial charge in [-0.05, 0) is 12.1 Å². The molecule has 0 spiro atoms. The Labute approximate surface area is 112 Å². The van der Waals surface area contributed by atoms with Gasteiger partial charge in [-0.15, -0.1) is 0 Å². The van der Waals surface area contributed by atoms with Gasteiger partial charge >= 0.3 is 0 Å². The van der Waals surface area contributed by atoms with E-state index in [4.69, 9.17) is 0 Å². The van der Waals surface area contributed by atoms with Crippen LogP contribution in [0.5, 0.6) is 0 Å². The van der Waals surface area contributed by atoms with Crippen molar-refractivity contribution in [1.29, 1.82) is 0 Å². The molecule has 0 aliphatic rings. The molecule has 1 aromatic carbocycles. The number of nitro benzene ring substituents is 1. The summed E-state index contributed by atoms with van der Waals surface area (Å²) >= 11 is 3.22. The van der Waals surface area contributed by atoms with Gasteiger partial charge in [0.05, 0.1) is 11.5 Å². The van der Waals surface area contributed by atoms with Crippen LogP contribution in [0.1, 0.15) is 5.82 Å². The van der Waals surface area contributed by atoms with Gasteiger partial charge in [0.2, 0.25) is 0 Å². The third-order valence-corrected chi connectivity index (χ3v) is 3.01. The summed E-state index contributed by atoms with van der Waals surface area (Å²) in [5.74, 6) is 0.812. The predicted molar refractivity (Wildman–Crippen MR) is 71.3 cm³/mol. The first-order valence-electron chi connectivity index (χ1n) is 5.22. The van der Waals surface area contributed by atoms with Gasteiger partial charge in [-0.25, -0.2) is 4.98 Å². The lowest BCUT2D eigenvalue weighted by Crippen LogP contribution is -2.07. The van der Waals surface area contributed by atoms with E-state index in [9.17, 15) is 10.1 Å². The van der Waals surface area contributed by atoms with Gasteiger partial charge in [-0.1, -0.05) is 15.9 Å². The number of imidazole rings is 1. The van der Waals surface area contributed by atoms with Gasteiger partial charge in [0.1, 0.15) is 11.5 Å². The quantitative estimate of drug-likeness (QED) is 0.696. The van der Waals surface area contributed by atoms with Crippen LogP contribution >= 0.6 is 15.9 Å². The zero-order valence-electron chi connectivity index (χ0n) is 9.63. The van der Waals surface area contributed by atoms with Crippen molar-refractivity contribution in [2.75, 3.05) is 5.32 Å². The van der Waals surface area contributed by atoms with E-state index in [2.05, 4.69) is 26.2 Å². The molecule has 0 saturated heterocycles. The smallest absolute Gasteiger partial charge is 0.293 e. The molecule has 0 fully saturated rings. The predicted octanol–water partition coefficient (Wildman–Crippen LogP) is 2.70. The van der Waals surface area contributed by atoms with Crippen LogP contribution in [-0.4, -0.2) is 14.5 Å². The Kier molecular flexibility index (Phi) is 3.61. The van der Waals surface area contributed by atoms with Crippen molar-refractivity contribution in [2.45, 2.75) is 6.54 Å². The molecule has 0 saturated carbocycles. The molecule has 6 nitrogen and oxygen atoms in total. The first-order valence-corrected chi connectivity index (χ1v) is 6.01. The number of anilines is 1. The highest BCUT2D eigenvalue weighted by atomic mass is 79.9. The number of benzene rings is 1. The summed E-state index contributed by atoms with van der Waals surface area (Å²) in [6.07, 6.45) is 3.51. The summed E-state index contributed by atoms with van der Waals surface area (Å²) in [6, 6.07) is 4.90. The van der Waals surface area contributed by atoms with Crippen LogP contribution in [0.15, 0.2) is 35.1 Å². The summed E-state index contributed by atoms with van der Waals surface area (Å²) in [5.41, 5.74) is 0.518. The first kappa shape index (κ1) is 12.6. The minimum atomic E-state index is -0.411. The number of hydrogen-bond acceptors (Lipinski definition) is 4. The molecule has 7 heteroatoms. The van der Waals surface area contributed by atoms with Gasteiger partial charge in [-0.3, -0.25) is 10.1 Å². The average Bonchev–Trinajstić information content (AvgIpc) is 2.73. The highest BCUT2D eigenvalue weighted by Crippen LogP contribution is 2.28. The average molecular weight is 311 g/mol. The highest BCUT2D eigenvalue weighted by molar-refractivity contribution is 9.10. The maximum absolute atomic E-state index is 10.9. The van der Waals surface area contributed by atoms with E-state index in [0.29, 0.717) is 16.7 Å². The number of nitrogens with zero attached hydrogens (tertiary/aromatic N) is 3. The van der Waals surface area contributed by atoms with Crippen molar-refractivity contribution in [1.82, 2.24) is 9.55 Å². The molecule has 0 atom stereocenters. The summed E-state index contributed by atoms with van der Waals surface area (Å²) in [4.78, 5) is 14.7. The van der Waals surface area contributed by atoms with E-state index in [-0.39, 0.29) is 5.69 Å². The lowest BCUT2D eigenvalue weighted by Gasteiger charge is -2.07. The molecule has 0 unspecified atom stereocenters. The molecule has 0 radical (unpaired) electrons. The number of rotatable bonds is 4. The van der Waals surface area contributed by atoms with Crippen LogP contribution in [0.2, 0.25) is 0 Å². The lowest BCUT2D eigenvalue weighted by atomic mass is 10.2. The Hall–Kier alpha value is -1.89. The molecule has 1 aromatic heterocycles. The van der Waals surface area contributed by atoms with E-state index >= 15 is 0 Å². The van der Waals surface area contributed by atoms with Gasteiger partial charge in [0.25, 0.3) is 5.69 Å². The number of halogens is 1. The number of aryl methyl sites for hydroxylation is 1. The van der Waals surface area contributed by atoms with Gasteiger partial charge in [0.15, 0.2) is 0 Å². The van der Waals surface area contributed by atoms with Crippen LogP contribution < -0.4 is 5.32 Å². The second-order valence-corrected chi connectivity index (χ2v) is 4.64. The van der Waals surface area contributed by atoms with Crippen LogP contribution in [0.4, 0.5) is 11.4 Å². The normalized spacial score (nSPS) is 10.3. The van der Waals surface area contributed by atoms with Crippen molar-refractivity contribution in [3.05, 3.63) is 51.0 Å². The zero-order valence-corrected chi connectivity index (χ0v) is 11.2. The number of nitro groups is 1. The molecule has 2 rings (SSSR count). The van der Waals surface area contributed by atoms with Gasteiger partial charge in [0, 0.05) is 30.0 Å². The van der Waals surface area contributed by atoms with Crippen molar-refractivity contribution < 1.29 is 4.92 Å². The Morgan fingerprint density at radius 3 is 2.94 bits per heavy atom. The molecular formula is C11H11BrN4O2. The van der Waals surface area contributed by atoms with Crippen LogP contribution in [0, 0.1) is 10.1 Å². The number of nitrogens with one attached hydrogen (secondary N) is 1. The van der Waals surface area contributed by atoms with E-state index in [0.717, 1.165) is 5.82 Å². The molecular weight excluding hydrogens is 300 g/mol. The molecule has 94 valence electrons. The minimum Gasteiger partial charge on any atom is -0.372 e. The molecule has 0 bridgehead atoms. The third kappa shape index (κ3) is 2.67. The molecule has 1 N–H and O–H groups in total. The van der Waals surface area contributed by atoms with Crippen molar-refractivity contribution >= 4 is 27.3 Å². The van der Waals surface area contributed by atoms with Gasteiger partial charge in [-0.2, -0.15) is 0 Å². The standard InChI is InChI=1S/C11H11BrN4O2/c1-15-5-4-13-11(15)7-14-9-3-2-8(12)6-10(9)16(17)18/h2-6,14H,7H2,1H3. The van der Waals surface area contributed by atoms with E-state index in [1.165, 1.54) is 6.07 Å². The maximum atomic E-state index is 10.9. The number of hydrogen-bond donors (Lipinski definition) is 1. The summed E-state index contributed by atoms with van der Waals surface area (Å²) in [7, 11) is 1.88. The van der Waals surface area contributed by atoms with Crippen LogP contribution in [0.25, 0.3) is 0 Å². The Morgan fingerprint density at radius 1 is 1.56 bits per heavy atom. The third-order valence-electron chi connectivity index (χ3n) is 2.51. The molecule has 1 heterocycles. The van der Waals surface area contributed by atoms with Crippen molar-refractivity contribution in [2.24, 2.45) is 7.05 Å². The lowest BCUT2D eigenvalue weighted by molar-refractivity contribution is -0.384. The second kappa shape index (κ2) is 5.18. The Balaban J connectivity index is 2.19. The van der Waals surface area contributed by atoms with Crippen LogP contribution in [0.3, 0.4) is 0 Å². The fourth-order valence-corrected chi connectivity index (χ4v) is 1.90. The molecule has 0 amide bonds. The van der Waals surface area contributed by atoms with E-state index in [1.54, 1.807) is 18.3 Å². The second-order valence-electron chi connectivity index (χ2n) is 3.73. The molecule has 0 aliphatic heterocycles. The maximum Gasteiger partial charge on any atom is 0.293 e. The molecule has 18 heavy (non-hydrogen) atoms. The van der Waals surface area contributed by atoms with E-state index < -0.39 is 4.92 Å².